The molecular formula is C9H9NO7. The third kappa shape index (κ3) is 2.26. The maximum atomic E-state index is 10.7. The van der Waals surface area contributed by atoms with Gasteiger partial charge >= 0.3 is 5.97 Å². The first-order chi connectivity index (χ1) is 7.90. The van der Waals surface area contributed by atoms with Crippen LogP contribution in [0.25, 0.3) is 0 Å². The number of carboxylic acid groups (broad SMARTS) is 1. The Morgan fingerprint density at radius 1 is 1.47 bits per heavy atom. The van der Waals surface area contributed by atoms with E-state index < -0.39 is 33.6 Å². The van der Waals surface area contributed by atoms with Gasteiger partial charge in [-0.1, -0.05) is 0 Å². The fourth-order valence-corrected chi connectivity index (χ4v) is 1.30. The second-order valence-corrected chi connectivity index (χ2v) is 3.11. The van der Waals surface area contributed by atoms with Gasteiger partial charge in [0, 0.05) is 13.2 Å². The number of nitro benzene ring substituents is 1. The molecule has 17 heavy (non-hydrogen) atoms. The van der Waals surface area contributed by atoms with E-state index >= 15 is 0 Å². The smallest absolute Gasteiger partial charge is 0.339 e. The standard InChI is InChI=1S/C9H9NO7/c1-17-3-5-6(10(15)16)2-4(9(13)14)7(11)8(5)12/h2,11-12H,3H2,1H3,(H,13,14). The van der Waals surface area contributed by atoms with Gasteiger partial charge in [0.25, 0.3) is 5.69 Å². The summed E-state index contributed by atoms with van der Waals surface area (Å²) in [5, 5.41) is 38.3. The Labute approximate surface area is 94.8 Å². The molecule has 0 saturated carbocycles. The molecule has 0 atom stereocenters. The molecule has 3 N–H and O–H groups in total. The number of hydrogen-bond donors (Lipinski definition) is 3. The summed E-state index contributed by atoms with van der Waals surface area (Å²) in [4.78, 5) is 20.5. The molecule has 0 fully saturated rings. The molecule has 1 aromatic carbocycles. The summed E-state index contributed by atoms with van der Waals surface area (Å²) in [6.07, 6.45) is 0. The molecular weight excluding hydrogens is 234 g/mol. The van der Waals surface area contributed by atoms with Crippen LogP contribution in [0.5, 0.6) is 11.5 Å². The molecule has 0 aliphatic carbocycles. The minimum absolute atomic E-state index is 0.278. The number of phenolic OH excluding ortho intramolecular Hbond substituents is 1. The van der Waals surface area contributed by atoms with Crippen molar-refractivity contribution in [2.24, 2.45) is 0 Å². The number of ether oxygens (including phenoxy) is 1. The highest BCUT2D eigenvalue weighted by Crippen LogP contribution is 2.39. The van der Waals surface area contributed by atoms with Gasteiger partial charge in [0.1, 0.15) is 11.1 Å². The van der Waals surface area contributed by atoms with Gasteiger partial charge in [-0.05, 0) is 0 Å². The van der Waals surface area contributed by atoms with Crippen LogP contribution in [0.2, 0.25) is 0 Å². The van der Waals surface area contributed by atoms with Crippen molar-refractivity contribution in [1.82, 2.24) is 0 Å². The summed E-state index contributed by atoms with van der Waals surface area (Å²) in [6.45, 7) is -0.324. The maximum Gasteiger partial charge on any atom is 0.339 e. The van der Waals surface area contributed by atoms with Crippen LogP contribution in [0.1, 0.15) is 15.9 Å². The van der Waals surface area contributed by atoms with E-state index in [4.69, 9.17) is 5.11 Å². The average Bonchev–Trinajstić information content (AvgIpc) is 2.24. The predicted molar refractivity (Wildman–Crippen MR) is 54.1 cm³/mol. The number of nitrogens with zero attached hydrogens (tertiary/aromatic N) is 1. The zero-order valence-corrected chi connectivity index (χ0v) is 8.71. The summed E-state index contributed by atoms with van der Waals surface area (Å²) in [5.74, 6) is -3.36. The van der Waals surface area contributed by atoms with Crippen molar-refractivity contribution in [2.75, 3.05) is 7.11 Å². The zero-order valence-electron chi connectivity index (χ0n) is 8.71. The Bertz CT molecular complexity index is 483. The number of nitro groups is 1. The second kappa shape index (κ2) is 4.66. The zero-order chi connectivity index (χ0) is 13.2. The molecule has 0 heterocycles. The van der Waals surface area contributed by atoms with Crippen molar-refractivity contribution in [3.8, 4) is 11.5 Å². The largest absolute Gasteiger partial charge is 0.504 e. The molecule has 0 spiro atoms. The van der Waals surface area contributed by atoms with Gasteiger partial charge in [0.2, 0.25) is 0 Å². The summed E-state index contributed by atoms with van der Waals surface area (Å²) < 4.78 is 4.63. The molecule has 1 rings (SSSR count). The highest BCUT2D eigenvalue weighted by atomic mass is 16.6. The number of phenols is 2. The van der Waals surface area contributed by atoms with Crippen LogP contribution in [0, 0.1) is 10.1 Å². The fourth-order valence-electron chi connectivity index (χ4n) is 1.30. The molecule has 0 unspecified atom stereocenters. The molecule has 0 aliphatic heterocycles. The first kappa shape index (κ1) is 12.7. The van der Waals surface area contributed by atoms with Gasteiger partial charge in [-0.2, -0.15) is 0 Å². The Kier molecular flexibility index (Phi) is 3.49. The molecule has 0 amide bonds. The van der Waals surface area contributed by atoms with Crippen molar-refractivity contribution < 1.29 is 29.8 Å². The maximum absolute atomic E-state index is 10.7. The van der Waals surface area contributed by atoms with Crippen LogP contribution in [0.3, 0.4) is 0 Å². The van der Waals surface area contributed by atoms with Crippen molar-refractivity contribution in [2.45, 2.75) is 6.61 Å². The lowest BCUT2D eigenvalue weighted by Crippen LogP contribution is -2.03. The Morgan fingerprint density at radius 2 is 2.06 bits per heavy atom. The summed E-state index contributed by atoms with van der Waals surface area (Å²) in [7, 11) is 1.24. The number of carbonyl (C=O) groups is 1. The van der Waals surface area contributed by atoms with Crippen molar-refractivity contribution in [3.63, 3.8) is 0 Å². The minimum atomic E-state index is -1.58. The first-order valence-corrected chi connectivity index (χ1v) is 4.34. The van der Waals surface area contributed by atoms with Gasteiger partial charge in [-0.15, -0.1) is 0 Å². The first-order valence-electron chi connectivity index (χ1n) is 4.34. The lowest BCUT2D eigenvalue weighted by atomic mass is 10.1. The quantitative estimate of drug-likeness (QED) is 0.406. The normalized spacial score (nSPS) is 10.2. The number of carboxylic acids is 1. The number of aromatic carboxylic acids is 1. The number of aromatic hydroxyl groups is 2. The molecule has 1 aromatic rings. The van der Waals surface area contributed by atoms with Crippen LogP contribution < -0.4 is 0 Å². The van der Waals surface area contributed by atoms with E-state index in [0.29, 0.717) is 6.07 Å². The highest BCUT2D eigenvalue weighted by molar-refractivity contribution is 5.93. The summed E-state index contributed by atoms with van der Waals surface area (Å²) in [5.41, 5.74) is -1.64. The number of rotatable bonds is 4. The van der Waals surface area contributed by atoms with Crippen LogP contribution >= 0.6 is 0 Å². The average molecular weight is 243 g/mol. The topological polar surface area (TPSA) is 130 Å². The third-order valence-corrected chi connectivity index (χ3v) is 2.07. The molecule has 8 nitrogen and oxygen atoms in total. The molecule has 0 saturated heterocycles. The van der Waals surface area contributed by atoms with Gasteiger partial charge < -0.3 is 20.1 Å². The lowest BCUT2D eigenvalue weighted by molar-refractivity contribution is -0.386. The Hall–Kier alpha value is -2.35. The lowest BCUT2D eigenvalue weighted by Gasteiger charge is -2.08. The van der Waals surface area contributed by atoms with Gasteiger partial charge in [-0.25, -0.2) is 4.79 Å². The van der Waals surface area contributed by atoms with Crippen LogP contribution in [0.15, 0.2) is 6.07 Å². The predicted octanol–water partition coefficient (Wildman–Crippen LogP) is 0.851. The third-order valence-electron chi connectivity index (χ3n) is 2.07. The van der Waals surface area contributed by atoms with Gasteiger partial charge in [0.15, 0.2) is 11.5 Å². The highest BCUT2D eigenvalue weighted by Gasteiger charge is 2.26. The van der Waals surface area contributed by atoms with E-state index in [1.165, 1.54) is 7.11 Å². The van der Waals surface area contributed by atoms with E-state index in [-0.39, 0.29) is 12.2 Å². The van der Waals surface area contributed by atoms with Crippen LogP contribution in [-0.4, -0.2) is 33.3 Å². The van der Waals surface area contributed by atoms with Gasteiger partial charge in [-0.3, -0.25) is 10.1 Å². The van der Waals surface area contributed by atoms with Crippen LogP contribution in [0.4, 0.5) is 5.69 Å². The molecule has 0 radical (unpaired) electrons. The van der Waals surface area contributed by atoms with E-state index in [9.17, 15) is 25.1 Å². The fraction of sp³-hybridized carbons (Fsp3) is 0.222. The number of hydrogen-bond acceptors (Lipinski definition) is 6. The van der Waals surface area contributed by atoms with Gasteiger partial charge in [0.05, 0.1) is 11.5 Å². The molecule has 0 aliphatic rings. The van der Waals surface area contributed by atoms with E-state index in [0.717, 1.165) is 0 Å². The Morgan fingerprint density at radius 3 is 2.47 bits per heavy atom. The molecule has 8 heteroatoms. The molecule has 0 aromatic heterocycles. The Balaban J connectivity index is 3.56. The number of methoxy groups -OCH3 is 1. The van der Waals surface area contributed by atoms with E-state index in [1.807, 2.05) is 0 Å². The molecule has 92 valence electrons. The summed E-state index contributed by atoms with van der Waals surface area (Å²) >= 11 is 0. The van der Waals surface area contributed by atoms with Crippen molar-refractivity contribution in [1.29, 1.82) is 0 Å². The second-order valence-electron chi connectivity index (χ2n) is 3.11. The number of benzene rings is 1. The van der Waals surface area contributed by atoms with E-state index in [2.05, 4.69) is 4.74 Å². The van der Waals surface area contributed by atoms with Crippen LogP contribution in [-0.2, 0) is 11.3 Å². The molecule has 0 bridgehead atoms. The monoisotopic (exact) mass is 243 g/mol. The van der Waals surface area contributed by atoms with E-state index in [1.54, 1.807) is 0 Å². The summed E-state index contributed by atoms with van der Waals surface area (Å²) in [6, 6.07) is 0.672. The van der Waals surface area contributed by atoms with Crippen molar-refractivity contribution in [3.05, 3.63) is 27.3 Å². The van der Waals surface area contributed by atoms with Crippen molar-refractivity contribution >= 4 is 11.7 Å². The minimum Gasteiger partial charge on any atom is -0.504 e. The SMILES string of the molecule is COCc1c([N+](=O)[O-])cc(C(=O)O)c(O)c1O.